The third-order valence-electron chi connectivity index (χ3n) is 4.22. The predicted octanol–water partition coefficient (Wildman–Crippen LogP) is 3.05. The number of benzene rings is 1. The SMILES string of the molecule is COc1cccc(CN(C(=O)c2cccc(-c3cn[nH]c3)n2)c2ncc[nH]2)c1. The van der Waals surface area contributed by atoms with Gasteiger partial charge in [-0.25, -0.2) is 9.97 Å². The molecule has 1 amide bonds. The lowest BCUT2D eigenvalue weighted by Crippen LogP contribution is -2.32. The molecule has 3 heterocycles. The van der Waals surface area contributed by atoms with Gasteiger partial charge in [-0.1, -0.05) is 18.2 Å². The number of anilines is 1. The van der Waals surface area contributed by atoms with E-state index in [1.54, 1.807) is 48.9 Å². The van der Waals surface area contributed by atoms with E-state index in [-0.39, 0.29) is 5.91 Å². The first-order valence-electron chi connectivity index (χ1n) is 8.65. The monoisotopic (exact) mass is 374 g/mol. The number of H-pyrrole nitrogens is 2. The number of aromatic nitrogens is 5. The molecule has 140 valence electrons. The van der Waals surface area contributed by atoms with Gasteiger partial charge < -0.3 is 9.72 Å². The van der Waals surface area contributed by atoms with Gasteiger partial charge in [0.2, 0.25) is 5.95 Å². The lowest BCUT2D eigenvalue weighted by molar-refractivity contribution is 0.0979. The number of ether oxygens (including phenoxy) is 1. The van der Waals surface area contributed by atoms with Gasteiger partial charge in [0.05, 0.1) is 25.5 Å². The highest BCUT2D eigenvalue weighted by molar-refractivity contribution is 6.04. The lowest BCUT2D eigenvalue weighted by atomic mass is 10.2. The molecule has 0 spiro atoms. The van der Waals surface area contributed by atoms with Crippen LogP contribution in [0.2, 0.25) is 0 Å². The number of nitrogens with one attached hydrogen (secondary N) is 2. The van der Waals surface area contributed by atoms with E-state index in [4.69, 9.17) is 4.74 Å². The van der Waals surface area contributed by atoms with Gasteiger partial charge in [0.1, 0.15) is 11.4 Å². The number of rotatable bonds is 6. The fourth-order valence-corrected chi connectivity index (χ4v) is 2.84. The highest BCUT2D eigenvalue weighted by Crippen LogP contribution is 2.20. The van der Waals surface area contributed by atoms with Crippen LogP contribution in [0.4, 0.5) is 5.95 Å². The Kier molecular flexibility index (Phi) is 4.83. The van der Waals surface area contributed by atoms with Crippen LogP contribution < -0.4 is 9.64 Å². The molecule has 0 aliphatic heterocycles. The number of amides is 1. The molecule has 28 heavy (non-hydrogen) atoms. The number of nitrogens with zero attached hydrogens (tertiary/aromatic N) is 4. The van der Waals surface area contributed by atoms with E-state index in [9.17, 15) is 4.79 Å². The third kappa shape index (κ3) is 3.61. The Morgan fingerprint density at radius 2 is 2.11 bits per heavy atom. The van der Waals surface area contributed by atoms with E-state index in [0.29, 0.717) is 23.9 Å². The highest BCUT2D eigenvalue weighted by atomic mass is 16.5. The number of carbonyl (C=O) groups excluding carboxylic acids is 1. The van der Waals surface area contributed by atoms with Gasteiger partial charge in [0, 0.05) is 24.2 Å². The van der Waals surface area contributed by atoms with Gasteiger partial charge in [0.25, 0.3) is 5.91 Å². The summed E-state index contributed by atoms with van der Waals surface area (Å²) < 4.78 is 5.28. The van der Waals surface area contributed by atoms with E-state index in [2.05, 4.69) is 25.1 Å². The molecule has 0 fully saturated rings. The molecule has 0 saturated carbocycles. The number of aromatic amines is 2. The average Bonchev–Trinajstić information content (AvgIpc) is 3.46. The summed E-state index contributed by atoms with van der Waals surface area (Å²) in [6, 6.07) is 12.9. The number of carbonyl (C=O) groups is 1. The number of hydrogen-bond acceptors (Lipinski definition) is 5. The summed E-state index contributed by atoms with van der Waals surface area (Å²) in [7, 11) is 1.61. The van der Waals surface area contributed by atoms with Crippen LogP contribution >= 0.6 is 0 Å². The number of imidazole rings is 1. The second-order valence-corrected chi connectivity index (χ2v) is 6.05. The molecule has 0 unspecified atom stereocenters. The van der Waals surface area contributed by atoms with Crippen molar-refractivity contribution in [3.8, 4) is 17.0 Å². The van der Waals surface area contributed by atoms with Crippen LogP contribution in [0.1, 0.15) is 16.1 Å². The summed E-state index contributed by atoms with van der Waals surface area (Å²) in [6.07, 6.45) is 6.68. The van der Waals surface area contributed by atoms with Gasteiger partial charge in [-0.15, -0.1) is 0 Å². The Morgan fingerprint density at radius 3 is 2.86 bits per heavy atom. The first-order chi connectivity index (χ1) is 13.7. The number of hydrogen-bond donors (Lipinski definition) is 2. The van der Waals surface area contributed by atoms with Crippen molar-refractivity contribution in [1.82, 2.24) is 25.1 Å². The fraction of sp³-hybridized carbons (Fsp3) is 0.100. The van der Waals surface area contributed by atoms with E-state index in [0.717, 1.165) is 16.9 Å². The van der Waals surface area contributed by atoms with E-state index >= 15 is 0 Å². The molecule has 3 aromatic heterocycles. The second kappa shape index (κ2) is 7.75. The van der Waals surface area contributed by atoms with E-state index in [1.807, 2.05) is 30.3 Å². The van der Waals surface area contributed by atoms with E-state index < -0.39 is 0 Å². The first kappa shape index (κ1) is 17.5. The van der Waals surface area contributed by atoms with Crippen molar-refractivity contribution >= 4 is 11.9 Å². The van der Waals surface area contributed by atoms with Crippen LogP contribution in [-0.2, 0) is 6.54 Å². The van der Waals surface area contributed by atoms with Crippen molar-refractivity contribution in [3.63, 3.8) is 0 Å². The maximum absolute atomic E-state index is 13.3. The third-order valence-corrected chi connectivity index (χ3v) is 4.22. The highest BCUT2D eigenvalue weighted by Gasteiger charge is 2.22. The Labute approximate surface area is 161 Å². The van der Waals surface area contributed by atoms with Crippen LogP contribution in [0.25, 0.3) is 11.3 Å². The van der Waals surface area contributed by atoms with Gasteiger partial charge in [0.15, 0.2) is 0 Å². The fourth-order valence-electron chi connectivity index (χ4n) is 2.84. The molecule has 0 radical (unpaired) electrons. The van der Waals surface area contributed by atoms with Crippen molar-refractivity contribution in [2.45, 2.75) is 6.54 Å². The maximum atomic E-state index is 13.3. The molecule has 2 N–H and O–H groups in total. The second-order valence-electron chi connectivity index (χ2n) is 6.05. The van der Waals surface area contributed by atoms with Crippen molar-refractivity contribution in [3.05, 3.63) is 78.5 Å². The molecule has 0 saturated heterocycles. The minimum absolute atomic E-state index is 0.261. The summed E-state index contributed by atoms with van der Waals surface area (Å²) >= 11 is 0. The summed E-state index contributed by atoms with van der Waals surface area (Å²) in [5.41, 5.74) is 2.71. The molecule has 8 heteroatoms. The summed E-state index contributed by atoms with van der Waals surface area (Å²) in [4.78, 5) is 26.6. The Morgan fingerprint density at radius 1 is 1.21 bits per heavy atom. The van der Waals surface area contributed by atoms with Gasteiger partial charge in [-0.3, -0.25) is 14.8 Å². The minimum atomic E-state index is -0.261. The van der Waals surface area contributed by atoms with Gasteiger partial charge in [-0.2, -0.15) is 5.10 Å². The molecular weight excluding hydrogens is 356 g/mol. The quantitative estimate of drug-likeness (QED) is 0.540. The van der Waals surface area contributed by atoms with Gasteiger partial charge in [-0.05, 0) is 29.8 Å². The van der Waals surface area contributed by atoms with Crippen molar-refractivity contribution < 1.29 is 9.53 Å². The smallest absolute Gasteiger partial charge is 0.279 e. The molecule has 1 aromatic carbocycles. The Bertz CT molecular complexity index is 1060. The topological polar surface area (TPSA) is 99.8 Å². The van der Waals surface area contributed by atoms with E-state index in [1.165, 1.54) is 0 Å². The van der Waals surface area contributed by atoms with Crippen molar-refractivity contribution in [2.75, 3.05) is 12.0 Å². The zero-order valence-electron chi connectivity index (χ0n) is 15.2. The molecule has 0 aliphatic carbocycles. The molecule has 4 rings (SSSR count). The molecule has 4 aromatic rings. The summed E-state index contributed by atoms with van der Waals surface area (Å²) in [5.74, 6) is 0.913. The average molecular weight is 374 g/mol. The Balaban J connectivity index is 1.67. The van der Waals surface area contributed by atoms with Crippen LogP contribution in [-0.4, -0.2) is 38.2 Å². The van der Waals surface area contributed by atoms with Gasteiger partial charge >= 0.3 is 0 Å². The largest absolute Gasteiger partial charge is 0.497 e. The summed E-state index contributed by atoms with van der Waals surface area (Å²) in [5, 5.41) is 6.69. The molecular formula is C20H18N6O2. The lowest BCUT2D eigenvalue weighted by Gasteiger charge is -2.20. The number of methoxy groups -OCH3 is 1. The van der Waals surface area contributed by atoms with Crippen molar-refractivity contribution in [2.24, 2.45) is 0 Å². The normalized spacial score (nSPS) is 10.6. The van der Waals surface area contributed by atoms with Crippen molar-refractivity contribution in [1.29, 1.82) is 0 Å². The zero-order valence-corrected chi connectivity index (χ0v) is 15.2. The zero-order chi connectivity index (χ0) is 19.3. The predicted molar refractivity (Wildman–Crippen MR) is 104 cm³/mol. The minimum Gasteiger partial charge on any atom is -0.497 e. The molecule has 0 atom stereocenters. The summed E-state index contributed by atoms with van der Waals surface area (Å²) in [6.45, 7) is 0.321. The number of pyridine rings is 1. The van der Waals surface area contributed by atoms with Crippen LogP contribution in [0.5, 0.6) is 5.75 Å². The maximum Gasteiger partial charge on any atom is 0.279 e. The Hall–Kier alpha value is -3.94. The molecule has 0 aliphatic rings. The van der Waals surface area contributed by atoms with Crippen LogP contribution in [0.15, 0.2) is 67.3 Å². The first-order valence-corrected chi connectivity index (χ1v) is 8.65. The molecule has 8 nitrogen and oxygen atoms in total. The van der Waals surface area contributed by atoms with Crippen LogP contribution in [0.3, 0.4) is 0 Å². The van der Waals surface area contributed by atoms with Crippen LogP contribution in [0, 0.1) is 0 Å². The standard InChI is InChI=1S/C20H18N6O2/c1-28-16-5-2-4-14(10-16)13-26(20-21-8-9-22-20)19(27)18-7-3-6-17(25-18)15-11-23-24-12-15/h2-12H,13H2,1H3,(H,21,22)(H,23,24). The molecule has 0 bridgehead atoms.